The number of nitrogens with zero attached hydrogens (tertiary/aromatic N) is 1. The Hall–Kier alpha value is -2.53. The summed E-state index contributed by atoms with van der Waals surface area (Å²) >= 11 is 0. The van der Waals surface area contributed by atoms with Gasteiger partial charge >= 0.3 is 0 Å². The molecule has 3 rings (SSSR count). The van der Waals surface area contributed by atoms with Gasteiger partial charge in [-0.2, -0.15) is 0 Å². The van der Waals surface area contributed by atoms with E-state index >= 15 is 0 Å². The van der Waals surface area contributed by atoms with Crippen LogP contribution in [0.5, 0.6) is 0 Å². The molecule has 0 aliphatic carbocycles. The van der Waals surface area contributed by atoms with E-state index in [4.69, 9.17) is 0 Å². The Bertz CT molecular complexity index is 1120. The molecule has 1 aliphatic rings. The van der Waals surface area contributed by atoms with E-state index in [0.717, 1.165) is 24.3 Å². The van der Waals surface area contributed by atoms with E-state index in [1.807, 2.05) is 4.72 Å². The van der Waals surface area contributed by atoms with Gasteiger partial charge in [-0.05, 0) is 36.4 Å². The molecule has 1 amide bonds. The van der Waals surface area contributed by atoms with Crippen LogP contribution in [0.25, 0.3) is 0 Å². The molecule has 2 aromatic carbocycles. The van der Waals surface area contributed by atoms with Crippen LogP contribution in [0, 0.1) is 17.6 Å². The number of anilines is 2. The van der Waals surface area contributed by atoms with Crippen LogP contribution in [-0.2, 0) is 24.8 Å². The predicted molar refractivity (Wildman–Crippen MR) is 94.0 cm³/mol. The first-order valence-corrected chi connectivity index (χ1v) is 10.8. The van der Waals surface area contributed by atoms with E-state index in [2.05, 4.69) is 0 Å². The molecule has 1 fully saturated rings. The van der Waals surface area contributed by atoms with E-state index < -0.39 is 49.2 Å². The van der Waals surface area contributed by atoms with Crippen LogP contribution in [0.3, 0.4) is 0 Å². The van der Waals surface area contributed by atoms with Crippen molar-refractivity contribution in [2.45, 2.75) is 11.8 Å². The Morgan fingerprint density at radius 2 is 1.74 bits per heavy atom. The third-order valence-electron chi connectivity index (χ3n) is 3.92. The second kappa shape index (κ2) is 6.57. The van der Waals surface area contributed by atoms with Crippen LogP contribution in [-0.4, -0.2) is 28.5 Å². The van der Waals surface area contributed by atoms with Crippen LogP contribution in [0.15, 0.2) is 47.4 Å². The lowest BCUT2D eigenvalue weighted by Crippen LogP contribution is -2.30. The molecule has 0 spiro atoms. The van der Waals surface area contributed by atoms with E-state index in [0.29, 0.717) is 10.4 Å². The lowest BCUT2D eigenvalue weighted by molar-refractivity contribution is -0.119. The van der Waals surface area contributed by atoms with Gasteiger partial charge in [-0.1, -0.05) is 6.92 Å². The Morgan fingerprint density at radius 1 is 1.11 bits per heavy atom. The van der Waals surface area contributed by atoms with Crippen molar-refractivity contribution in [3.05, 3.63) is 54.1 Å². The summed E-state index contributed by atoms with van der Waals surface area (Å²) in [6.45, 7) is 1.49. The van der Waals surface area contributed by atoms with Crippen molar-refractivity contribution in [1.29, 1.82) is 0 Å². The lowest BCUT2D eigenvalue weighted by atomic mass is 10.2. The largest absolute Gasteiger partial charge is 0.277 e. The highest BCUT2D eigenvalue weighted by atomic mass is 32.2. The number of sulfonamides is 2. The molecule has 1 atom stereocenters. The third kappa shape index (κ3) is 3.65. The summed E-state index contributed by atoms with van der Waals surface area (Å²) < 4.78 is 78.0. The zero-order valence-electron chi connectivity index (χ0n) is 13.9. The van der Waals surface area contributed by atoms with E-state index in [-0.39, 0.29) is 16.3 Å². The molecule has 1 unspecified atom stereocenters. The van der Waals surface area contributed by atoms with E-state index in [9.17, 15) is 30.4 Å². The highest BCUT2D eigenvalue weighted by Crippen LogP contribution is 2.29. The summed E-state index contributed by atoms with van der Waals surface area (Å²) in [5, 5.41) is 0. The zero-order chi connectivity index (χ0) is 20.0. The molecule has 11 heteroatoms. The Morgan fingerprint density at radius 3 is 2.26 bits per heavy atom. The van der Waals surface area contributed by atoms with Crippen molar-refractivity contribution in [3.8, 4) is 0 Å². The van der Waals surface area contributed by atoms with Crippen molar-refractivity contribution < 1.29 is 30.4 Å². The fraction of sp³-hybridized carbons (Fsp3) is 0.188. The molecule has 1 saturated heterocycles. The minimum atomic E-state index is -4.21. The minimum Gasteiger partial charge on any atom is -0.277 e. The average Bonchev–Trinajstić information content (AvgIpc) is 2.78. The first-order chi connectivity index (χ1) is 12.5. The number of rotatable bonds is 4. The SMILES string of the molecule is CC1CS(=O)(=O)N(c2ccc(S(=O)(=O)Nc3ccc(F)cc3F)cc2)C1=O. The van der Waals surface area contributed by atoms with Gasteiger partial charge in [0, 0.05) is 6.07 Å². The number of halogens is 2. The number of hydrogen-bond donors (Lipinski definition) is 1. The molecular weight excluding hydrogens is 402 g/mol. The van der Waals surface area contributed by atoms with Gasteiger partial charge in [0.2, 0.25) is 15.9 Å². The van der Waals surface area contributed by atoms with E-state index in [1.165, 1.54) is 19.1 Å². The normalized spacial score (nSPS) is 19.3. The second-order valence-corrected chi connectivity index (χ2v) is 9.55. The smallest absolute Gasteiger partial charge is 0.261 e. The fourth-order valence-corrected chi connectivity index (χ4v) is 5.51. The molecule has 7 nitrogen and oxygen atoms in total. The maximum atomic E-state index is 13.7. The summed E-state index contributed by atoms with van der Waals surface area (Å²) in [4.78, 5) is 11.8. The number of hydrogen-bond acceptors (Lipinski definition) is 5. The Labute approximate surface area is 154 Å². The zero-order valence-corrected chi connectivity index (χ0v) is 15.5. The number of amides is 1. The van der Waals surface area contributed by atoms with Crippen molar-refractivity contribution >= 4 is 37.3 Å². The van der Waals surface area contributed by atoms with Gasteiger partial charge in [-0.25, -0.2) is 29.9 Å². The van der Waals surface area contributed by atoms with Crippen molar-refractivity contribution in [1.82, 2.24) is 0 Å². The minimum absolute atomic E-state index is 0.0104. The predicted octanol–water partition coefficient (Wildman–Crippen LogP) is 2.08. The molecule has 0 aromatic heterocycles. The second-order valence-electron chi connectivity index (χ2n) is 6.01. The van der Waals surface area contributed by atoms with Gasteiger partial charge in [0.1, 0.15) is 11.6 Å². The van der Waals surface area contributed by atoms with Crippen molar-refractivity contribution in [3.63, 3.8) is 0 Å². The van der Waals surface area contributed by atoms with Gasteiger partial charge in [-0.15, -0.1) is 0 Å². The van der Waals surface area contributed by atoms with Gasteiger partial charge in [0.25, 0.3) is 10.0 Å². The average molecular weight is 416 g/mol. The van der Waals surface area contributed by atoms with Crippen LogP contribution in [0.4, 0.5) is 20.2 Å². The lowest BCUT2D eigenvalue weighted by Gasteiger charge is -2.16. The first-order valence-electron chi connectivity index (χ1n) is 7.66. The molecule has 0 saturated carbocycles. The molecule has 144 valence electrons. The summed E-state index contributed by atoms with van der Waals surface area (Å²) in [5.41, 5.74) is -0.428. The summed E-state index contributed by atoms with van der Waals surface area (Å²) in [6.07, 6.45) is 0. The number of carbonyl (C=O) groups is 1. The summed E-state index contributed by atoms with van der Waals surface area (Å²) in [5.74, 6) is -3.56. The standard InChI is InChI=1S/C16H14F2N2O5S2/c1-10-9-26(22,23)20(16(10)21)12-3-5-13(6-4-12)27(24,25)19-15-7-2-11(17)8-14(15)18/h2-8,10,19H,9H2,1H3. The maximum Gasteiger partial charge on any atom is 0.261 e. The molecule has 1 heterocycles. The van der Waals surface area contributed by atoms with Crippen LogP contribution in [0.1, 0.15) is 6.92 Å². The Kier molecular flexibility index (Phi) is 4.68. The molecule has 27 heavy (non-hydrogen) atoms. The summed E-state index contributed by atoms with van der Waals surface area (Å²) in [6, 6.07) is 6.89. The number of carbonyl (C=O) groups excluding carboxylic acids is 1. The van der Waals surface area contributed by atoms with Gasteiger partial charge < -0.3 is 0 Å². The van der Waals surface area contributed by atoms with Gasteiger partial charge in [0.15, 0.2) is 0 Å². The number of benzene rings is 2. The molecule has 0 bridgehead atoms. The third-order valence-corrected chi connectivity index (χ3v) is 7.17. The summed E-state index contributed by atoms with van der Waals surface area (Å²) in [7, 11) is -8.02. The molecular formula is C16H14F2N2O5S2. The van der Waals surface area contributed by atoms with E-state index in [1.54, 1.807) is 0 Å². The van der Waals surface area contributed by atoms with Gasteiger partial charge in [0.05, 0.1) is 27.9 Å². The number of nitrogens with one attached hydrogen (secondary N) is 1. The molecule has 0 radical (unpaired) electrons. The Balaban J connectivity index is 1.89. The van der Waals surface area contributed by atoms with Crippen LogP contribution < -0.4 is 9.03 Å². The quantitative estimate of drug-likeness (QED) is 0.823. The van der Waals surface area contributed by atoms with Gasteiger partial charge in [-0.3, -0.25) is 9.52 Å². The topological polar surface area (TPSA) is 101 Å². The highest BCUT2D eigenvalue weighted by Gasteiger charge is 2.41. The highest BCUT2D eigenvalue weighted by molar-refractivity contribution is 7.94. The molecule has 1 aliphatic heterocycles. The van der Waals surface area contributed by atoms with Crippen LogP contribution in [0.2, 0.25) is 0 Å². The first kappa shape index (κ1) is 19.2. The van der Waals surface area contributed by atoms with Crippen molar-refractivity contribution in [2.24, 2.45) is 5.92 Å². The van der Waals surface area contributed by atoms with Crippen molar-refractivity contribution in [2.75, 3.05) is 14.8 Å². The molecule has 2 aromatic rings. The maximum absolute atomic E-state index is 13.7. The van der Waals surface area contributed by atoms with Crippen LogP contribution >= 0.6 is 0 Å². The molecule has 1 N–H and O–H groups in total. The monoisotopic (exact) mass is 416 g/mol. The fourth-order valence-electron chi connectivity index (χ4n) is 2.62.